The second-order valence-corrected chi connectivity index (χ2v) is 9.77. The average Bonchev–Trinajstić information content (AvgIpc) is 3.11. The molecule has 0 atom stereocenters. The van der Waals surface area contributed by atoms with Crippen LogP contribution in [0, 0.1) is 0 Å². The van der Waals surface area contributed by atoms with Crippen molar-refractivity contribution in [2.45, 2.75) is 18.4 Å². The van der Waals surface area contributed by atoms with Gasteiger partial charge in [-0.25, -0.2) is 8.42 Å². The zero-order chi connectivity index (χ0) is 22.5. The van der Waals surface area contributed by atoms with Crippen LogP contribution in [0.1, 0.15) is 6.92 Å². The van der Waals surface area contributed by atoms with Crippen LogP contribution in [0.2, 0.25) is 0 Å². The second-order valence-electron chi connectivity index (χ2n) is 8.12. The maximum atomic E-state index is 13.4. The number of benzene rings is 4. The zero-order valence-electron chi connectivity index (χ0n) is 18.3. The summed E-state index contributed by atoms with van der Waals surface area (Å²) in [7, 11) is 0.131. The molecule has 0 aliphatic heterocycles. The molecule has 0 amide bonds. The van der Waals surface area contributed by atoms with E-state index in [1.54, 1.807) is 12.1 Å². The monoisotopic (exact) mass is 443 g/mol. The largest absolute Gasteiger partial charge is 0.377 e. The molecule has 0 saturated heterocycles. The highest BCUT2D eigenvalue weighted by Crippen LogP contribution is 2.33. The van der Waals surface area contributed by atoms with Crippen LogP contribution in [0.25, 0.3) is 32.6 Å². The Morgan fingerprint density at radius 2 is 1.47 bits per heavy atom. The summed E-state index contributed by atoms with van der Waals surface area (Å²) in [4.78, 5) is 2.26. The number of aryl methyl sites for hydroxylation is 1. The van der Waals surface area contributed by atoms with Crippen LogP contribution in [-0.4, -0.2) is 27.1 Å². The van der Waals surface area contributed by atoms with Gasteiger partial charge < -0.3 is 9.47 Å². The quantitative estimate of drug-likeness (QED) is 0.372. The van der Waals surface area contributed by atoms with E-state index >= 15 is 0 Å². The van der Waals surface area contributed by atoms with Crippen LogP contribution in [0.3, 0.4) is 0 Å². The van der Waals surface area contributed by atoms with Gasteiger partial charge in [-0.1, -0.05) is 42.5 Å². The highest BCUT2D eigenvalue weighted by atomic mass is 32.2. The fraction of sp³-hybridized carbons (Fsp3) is 0.154. The van der Waals surface area contributed by atoms with Gasteiger partial charge in [-0.2, -0.15) is 0 Å². The summed E-state index contributed by atoms with van der Waals surface area (Å²) in [6, 6.07) is 25.1. The van der Waals surface area contributed by atoms with Crippen LogP contribution in [0.4, 0.5) is 11.4 Å². The topological polar surface area (TPSA) is 54.3 Å². The molecular formula is C26H25N3O2S. The van der Waals surface area contributed by atoms with E-state index in [4.69, 9.17) is 0 Å². The van der Waals surface area contributed by atoms with Crippen molar-refractivity contribution >= 4 is 54.0 Å². The lowest BCUT2D eigenvalue weighted by Crippen LogP contribution is -2.14. The Morgan fingerprint density at radius 1 is 0.781 bits per heavy atom. The summed E-state index contributed by atoms with van der Waals surface area (Å²) in [5.74, 6) is 0. The minimum atomic E-state index is -3.78. The number of fused-ring (bicyclic) bond motifs is 4. The minimum absolute atomic E-state index is 0.273. The lowest BCUT2D eigenvalue weighted by Gasteiger charge is -2.17. The van der Waals surface area contributed by atoms with E-state index in [2.05, 4.69) is 28.3 Å². The number of hydrogen-bond donors (Lipinski definition) is 1. The lowest BCUT2D eigenvalue weighted by molar-refractivity contribution is 0.602. The minimum Gasteiger partial charge on any atom is -0.377 e. The molecule has 4 aromatic carbocycles. The number of nitrogens with one attached hydrogen (secondary N) is 1. The molecule has 0 spiro atoms. The molecule has 1 aromatic heterocycles. The van der Waals surface area contributed by atoms with Gasteiger partial charge in [-0.3, -0.25) is 4.72 Å². The van der Waals surface area contributed by atoms with E-state index in [1.807, 2.05) is 73.6 Å². The average molecular weight is 444 g/mol. The lowest BCUT2D eigenvalue weighted by atomic mass is 10.1. The fourth-order valence-electron chi connectivity index (χ4n) is 4.56. The standard InChI is InChI=1S/C26H25N3O2S/c1-4-29-24-12-6-5-9-20(24)22-17-18(15-16-25(22)29)27-32(30,31)26-14-8-10-19-21(26)11-7-13-23(19)28(2)3/h5-17,27H,4H2,1-3H3. The van der Waals surface area contributed by atoms with Gasteiger partial charge in [0.1, 0.15) is 0 Å². The van der Waals surface area contributed by atoms with Gasteiger partial charge >= 0.3 is 0 Å². The number of aromatic nitrogens is 1. The normalized spacial score (nSPS) is 12.0. The third-order valence-electron chi connectivity index (χ3n) is 5.97. The van der Waals surface area contributed by atoms with E-state index in [9.17, 15) is 8.42 Å². The molecule has 0 saturated carbocycles. The Balaban J connectivity index is 1.63. The van der Waals surface area contributed by atoms with E-state index in [0.29, 0.717) is 11.1 Å². The molecule has 1 N–H and O–H groups in total. The number of nitrogens with zero attached hydrogens (tertiary/aromatic N) is 2. The zero-order valence-corrected chi connectivity index (χ0v) is 19.1. The maximum Gasteiger partial charge on any atom is 0.262 e. The molecule has 5 aromatic rings. The van der Waals surface area contributed by atoms with Gasteiger partial charge in [0, 0.05) is 64.6 Å². The molecule has 1 heterocycles. The number of para-hydroxylation sites is 1. The van der Waals surface area contributed by atoms with Gasteiger partial charge in [-0.05, 0) is 43.3 Å². The first-order chi connectivity index (χ1) is 15.4. The highest BCUT2D eigenvalue weighted by Gasteiger charge is 2.19. The van der Waals surface area contributed by atoms with Crippen molar-refractivity contribution in [1.29, 1.82) is 0 Å². The van der Waals surface area contributed by atoms with E-state index in [0.717, 1.165) is 39.4 Å². The number of rotatable bonds is 5. The predicted molar refractivity (Wildman–Crippen MR) is 134 cm³/mol. The van der Waals surface area contributed by atoms with Gasteiger partial charge in [0.2, 0.25) is 0 Å². The number of anilines is 2. The first-order valence-electron chi connectivity index (χ1n) is 10.6. The fourth-order valence-corrected chi connectivity index (χ4v) is 5.83. The van der Waals surface area contributed by atoms with Crippen LogP contribution in [0.15, 0.2) is 83.8 Å². The molecule has 0 aliphatic carbocycles. The smallest absolute Gasteiger partial charge is 0.262 e. The Labute approximate surface area is 187 Å². The molecule has 0 aliphatic rings. The molecule has 0 bridgehead atoms. The van der Waals surface area contributed by atoms with Crippen LogP contribution >= 0.6 is 0 Å². The van der Waals surface area contributed by atoms with Crippen LogP contribution < -0.4 is 9.62 Å². The molecule has 0 radical (unpaired) electrons. The van der Waals surface area contributed by atoms with Gasteiger partial charge in [-0.15, -0.1) is 0 Å². The Morgan fingerprint density at radius 3 is 2.25 bits per heavy atom. The molecule has 162 valence electrons. The molecule has 0 unspecified atom stereocenters. The van der Waals surface area contributed by atoms with Gasteiger partial charge in [0.15, 0.2) is 0 Å². The molecular weight excluding hydrogens is 418 g/mol. The molecule has 6 heteroatoms. The SMILES string of the molecule is CCn1c2ccccc2c2cc(NS(=O)(=O)c3cccc4c(N(C)C)cccc34)ccc21. The number of sulfonamides is 1. The van der Waals surface area contributed by atoms with Crippen molar-refractivity contribution in [3.8, 4) is 0 Å². The number of hydrogen-bond acceptors (Lipinski definition) is 3. The molecule has 0 fully saturated rings. The predicted octanol–water partition coefficient (Wildman–Crippen LogP) is 5.83. The summed E-state index contributed by atoms with van der Waals surface area (Å²) in [5, 5.41) is 3.76. The van der Waals surface area contributed by atoms with E-state index < -0.39 is 10.0 Å². The van der Waals surface area contributed by atoms with Crippen molar-refractivity contribution < 1.29 is 8.42 Å². The van der Waals surface area contributed by atoms with Crippen molar-refractivity contribution in [3.63, 3.8) is 0 Å². The first kappa shape index (κ1) is 20.4. The van der Waals surface area contributed by atoms with Crippen LogP contribution in [-0.2, 0) is 16.6 Å². The summed E-state index contributed by atoms with van der Waals surface area (Å²) in [6.45, 7) is 2.96. The molecule has 5 nitrogen and oxygen atoms in total. The second kappa shape index (κ2) is 7.57. The summed E-state index contributed by atoms with van der Waals surface area (Å²) in [5.41, 5.74) is 3.78. The summed E-state index contributed by atoms with van der Waals surface area (Å²) >= 11 is 0. The third-order valence-corrected chi connectivity index (χ3v) is 7.41. The van der Waals surface area contributed by atoms with Gasteiger partial charge in [0.05, 0.1) is 4.90 Å². The van der Waals surface area contributed by atoms with Crippen LogP contribution in [0.5, 0.6) is 0 Å². The third kappa shape index (κ3) is 3.19. The summed E-state index contributed by atoms with van der Waals surface area (Å²) < 4.78 is 31.9. The van der Waals surface area contributed by atoms with E-state index in [1.165, 1.54) is 0 Å². The first-order valence-corrected chi connectivity index (χ1v) is 12.1. The van der Waals surface area contributed by atoms with Crippen molar-refractivity contribution in [2.24, 2.45) is 0 Å². The summed E-state index contributed by atoms with van der Waals surface area (Å²) in [6.07, 6.45) is 0. The van der Waals surface area contributed by atoms with Crippen molar-refractivity contribution in [2.75, 3.05) is 23.7 Å². The molecule has 32 heavy (non-hydrogen) atoms. The maximum absolute atomic E-state index is 13.4. The van der Waals surface area contributed by atoms with Gasteiger partial charge in [0.25, 0.3) is 10.0 Å². The van der Waals surface area contributed by atoms with Crippen molar-refractivity contribution in [1.82, 2.24) is 4.57 Å². The Hall–Kier alpha value is -3.51. The van der Waals surface area contributed by atoms with Crippen molar-refractivity contribution in [3.05, 3.63) is 78.9 Å². The molecule has 5 rings (SSSR count). The Bertz CT molecular complexity index is 1580. The Kier molecular flexibility index (Phi) is 4.82. The highest BCUT2D eigenvalue weighted by molar-refractivity contribution is 7.93. The van der Waals surface area contributed by atoms with E-state index in [-0.39, 0.29) is 4.90 Å².